The number of halogens is 1. The molecule has 0 fully saturated rings. The molecule has 0 bridgehead atoms. The predicted molar refractivity (Wildman–Crippen MR) is 84.9 cm³/mol. The van der Waals surface area contributed by atoms with Crippen molar-refractivity contribution in [3.8, 4) is 11.8 Å². The minimum atomic E-state index is -1.03. The highest BCUT2D eigenvalue weighted by Gasteiger charge is 2.29. The molecule has 0 saturated heterocycles. The number of phenolic OH excluding ortho intramolecular Hbond substituents is 1. The highest BCUT2D eigenvalue weighted by atomic mass is 19.1. The molecule has 1 aromatic carbocycles. The molecule has 2 rings (SSSR count). The number of nitriles is 1. The zero-order valence-corrected chi connectivity index (χ0v) is 13.2. The third-order valence-electron chi connectivity index (χ3n) is 3.80. The first-order valence-electron chi connectivity index (χ1n) is 7.32. The quantitative estimate of drug-likeness (QED) is 0.753. The van der Waals surface area contributed by atoms with Crippen molar-refractivity contribution in [3.63, 3.8) is 0 Å². The Morgan fingerprint density at radius 2 is 2.29 bits per heavy atom. The lowest BCUT2D eigenvalue weighted by Gasteiger charge is -2.34. The van der Waals surface area contributed by atoms with Crippen molar-refractivity contribution >= 4 is 5.91 Å². The lowest BCUT2D eigenvalue weighted by molar-refractivity contribution is -0.119. The Labute approximate surface area is 139 Å². The molecular formula is C17H18FN3O3. The summed E-state index contributed by atoms with van der Waals surface area (Å²) in [6, 6.07) is 5.47. The predicted octanol–water partition coefficient (Wildman–Crippen LogP) is 1.18. The Morgan fingerprint density at radius 3 is 2.88 bits per heavy atom. The number of nitrogens with zero attached hydrogens (tertiary/aromatic N) is 2. The maximum absolute atomic E-state index is 13.2. The standard InChI is InChI=1S/C17H18FN3O3/c1-17(10-19,11-22)21-6-4-14(5-7-21)20-16(24)9-12-8-13(18)2-3-15(12)23/h2-6,8,22-23H,7,9,11H2,1H3,(H,20,24). The molecule has 1 aromatic rings. The molecule has 24 heavy (non-hydrogen) atoms. The van der Waals surface area contributed by atoms with Gasteiger partial charge < -0.3 is 20.4 Å². The monoisotopic (exact) mass is 331 g/mol. The third-order valence-corrected chi connectivity index (χ3v) is 3.80. The van der Waals surface area contributed by atoms with Crippen LogP contribution < -0.4 is 5.32 Å². The number of aliphatic hydroxyl groups excluding tert-OH is 1. The highest BCUT2D eigenvalue weighted by Crippen LogP contribution is 2.20. The van der Waals surface area contributed by atoms with Gasteiger partial charge in [-0.1, -0.05) is 0 Å². The Morgan fingerprint density at radius 1 is 1.54 bits per heavy atom. The SMILES string of the molecule is CC(C#N)(CO)N1C=CC(NC(=O)Cc2cc(F)ccc2O)=CC1. The van der Waals surface area contributed by atoms with Gasteiger partial charge in [-0.3, -0.25) is 4.79 Å². The fourth-order valence-electron chi connectivity index (χ4n) is 2.22. The maximum Gasteiger partial charge on any atom is 0.228 e. The van der Waals surface area contributed by atoms with Crippen molar-refractivity contribution in [2.24, 2.45) is 0 Å². The number of nitrogens with one attached hydrogen (secondary N) is 1. The average Bonchev–Trinajstić information content (AvgIpc) is 2.58. The number of amides is 1. The van der Waals surface area contributed by atoms with E-state index in [0.717, 1.165) is 12.1 Å². The smallest absolute Gasteiger partial charge is 0.228 e. The molecule has 1 amide bonds. The van der Waals surface area contributed by atoms with Crippen LogP contribution in [-0.4, -0.2) is 39.7 Å². The molecule has 1 heterocycles. The first kappa shape index (κ1) is 17.5. The van der Waals surface area contributed by atoms with Crippen molar-refractivity contribution in [3.05, 3.63) is 53.6 Å². The molecule has 1 unspecified atom stereocenters. The first-order chi connectivity index (χ1) is 11.4. The summed E-state index contributed by atoms with van der Waals surface area (Å²) in [7, 11) is 0. The van der Waals surface area contributed by atoms with Gasteiger partial charge in [0.2, 0.25) is 5.91 Å². The van der Waals surface area contributed by atoms with E-state index in [1.54, 1.807) is 30.2 Å². The van der Waals surface area contributed by atoms with E-state index in [-0.39, 0.29) is 24.3 Å². The number of carbonyl (C=O) groups excluding carboxylic acids is 1. The Hall–Kier alpha value is -2.85. The van der Waals surface area contributed by atoms with E-state index in [0.29, 0.717) is 12.2 Å². The van der Waals surface area contributed by atoms with Crippen molar-refractivity contribution in [1.82, 2.24) is 10.2 Å². The van der Waals surface area contributed by atoms with Crippen LogP contribution in [-0.2, 0) is 11.2 Å². The fourth-order valence-corrected chi connectivity index (χ4v) is 2.22. The lowest BCUT2D eigenvalue weighted by Crippen LogP contribution is -2.46. The number of phenols is 1. The highest BCUT2D eigenvalue weighted by molar-refractivity contribution is 5.81. The van der Waals surface area contributed by atoms with Crippen LogP contribution in [0.25, 0.3) is 0 Å². The second-order valence-corrected chi connectivity index (χ2v) is 5.67. The van der Waals surface area contributed by atoms with Crippen LogP contribution in [0.4, 0.5) is 4.39 Å². The number of aliphatic hydroxyl groups is 1. The summed E-state index contributed by atoms with van der Waals surface area (Å²) in [5, 5.41) is 30.7. The van der Waals surface area contributed by atoms with E-state index in [1.165, 1.54) is 6.07 Å². The molecule has 0 radical (unpaired) electrons. The summed E-state index contributed by atoms with van der Waals surface area (Å²) < 4.78 is 13.2. The van der Waals surface area contributed by atoms with Crippen LogP contribution in [0, 0.1) is 17.1 Å². The zero-order valence-electron chi connectivity index (χ0n) is 13.2. The number of aromatic hydroxyl groups is 1. The average molecular weight is 331 g/mol. The minimum Gasteiger partial charge on any atom is -0.508 e. The second-order valence-electron chi connectivity index (χ2n) is 5.67. The summed E-state index contributed by atoms with van der Waals surface area (Å²) >= 11 is 0. The Kier molecular flexibility index (Phi) is 5.21. The molecule has 1 aliphatic rings. The van der Waals surface area contributed by atoms with E-state index in [4.69, 9.17) is 5.26 Å². The van der Waals surface area contributed by atoms with Gasteiger partial charge in [0, 0.05) is 24.0 Å². The van der Waals surface area contributed by atoms with Gasteiger partial charge in [0.05, 0.1) is 19.1 Å². The largest absolute Gasteiger partial charge is 0.508 e. The van der Waals surface area contributed by atoms with Gasteiger partial charge in [0.15, 0.2) is 0 Å². The van der Waals surface area contributed by atoms with Gasteiger partial charge in [0.1, 0.15) is 17.1 Å². The van der Waals surface area contributed by atoms with Crippen LogP contribution in [0.5, 0.6) is 5.75 Å². The summed E-state index contributed by atoms with van der Waals surface area (Å²) in [6.45, 7) is 1.64. The number of rotatable bonds is 5. The molecule has 0 aromatic heterocycles. The van der Waals surface area contributed by atoms with Gasteiger partial charge in [-0.2, -0.15) is 5.26 Å². The molecule has 0 aliphatic carbocycles. The van der Waals surface area contributed by atoms with Crippen LogP contribution in [0.15, 0.2) is 42.2 Å². The molecule has 1 atom stereocenters. The summed E-state index contributed by atoms with van der Waals surface area (Å²) in [4.78, 5) is 13.7. The van der Waals surface area contributed by atoms with E-state index >= 15 is 0 Å². The third kappa shape index (κ3) is 3.91. The first-order valence-corrected chi connectivity index (χ1v) is 7.32. The number of hydrogen-bond donors (Lipinski definition) is 3. The fraction of sp³-hybridized carbons (Fsp3) is 0.294. The van der Waals surface area contributed by atoms with Gasteiger partial charge in [-0.05, 0) is 37.3 Å². The number of benzene rings is 1. The van der Waals surface area contributed by atoms with Gasteiger partial charge >= 0.3 is 0 Å². The topological polar surface area (TPSA) is 96.6 Å². The van der Waals surface area contributed by atoms with E-state index in [2.05, 4.69) is 5.32 Å². The van der Waals surface area contributed by atoms with Crippen molar-refractivity contribution in [2.45, 2.75) is 18.9 Å². The van der Waals surface area contributed by atoms with E-state index in [9.17, 15) is 19.4 Å². The van der Waals surface area contributed by atoms with E-state index < -0.39 is 17.3 Å². The van der Waals surface area contributed by atoms with Crippen LogP contribution in [0.1, 0.15) is 12.5 Å². The van der Waals surface area contributed by atoms with Crippen molar-refractivity contribution in [2.75, 3.05) is 13.2 Å². The molecule has 1 aliphatic heterocycles. The van der Waals surface area contributed by atoms with Crippen LogP contribution >= 0.6 is 0 Å². The number of carbonyl (C=O) groups is 1. The Bertz CT molecular complexity index is 739. The zero-order chi connectivity index (χ0) is 17.7. The molecule has 0 spiro atoms. The van der Waals surface area contributed by atoms with Crippen molar-refractivity contribution < 1.29 is 19.4 Å². The van der Waals surface area contributed by atoms with Gasteiger partial charge in [-0.25, -0.2) is 4.39 Å². The lowest BCUT2D eigenvalue weighted by atomic mass is 10.0. The molecule has 6 nitrogen and oxygen atoms in total. The molecule has 126 valence electrons. The number of allylic oxidation sites excluding steroid dienone is 1. The molecular weight excluding hydrogens is 313 g/mol. The molecule has 3 N–H and O–H groups in total. The van der Waals surface area contributed by atoms with Gasteiger partial charge in [-0.15, -0.1) is 0 Å². The molecule has 0 saturated carbocycles. The minimum absolute atomic E-state index is 0.140. The normalized spacial score (nSPS) is 16.1. The molecule has 7 heteroatoms. The van der Waals surface area contributed by atoms with Gasteiger partial charge in [0.25, 0.3) is 0 Å². The number of hydrogen-bond acceptors (Lipinski definition) is 5. The Balaban J connectivity index is 1.97. The second kappa shape index (κ2) is 7.15. The maximum atomic E-state index is 13.2. The van der Waals surface area contributed by atoms with Crippen LogP contribution in [0.2, 0.25) is 0 Å². The van der Waals surface area contributed by atoms with Crippen LogP contribution in [0.3, 0.4) is 0 Å². The summed E-state index contributed by atoms with van der Waals surface area (Å²) in [6.07, 6.45) is 4.77. The van der Waals surface area contributed by atoms with Crippen molar-refractivity contribution in [1.29, 1.82) is 5.26 Å². The van der Waals surface area contributed by atoms with E-state index in [1.807, 2.05) is 6.07 Å². The summed E-state index contributed by atoms with van der Waals surface area (Å²) in [5.41, 5.74) is -0.298. The summed E-state index contributed by atoms with van der Waals surface area (Å²) in [5.74, 6) is -1.06.